The second-order valence-corrected chi connectivity index (χ2v) is 6.31. The van der Waals surface area contributed by atoms with Crippen LogP contribution in [0.2, 0.25) is 5.02 Å². The molecule has 0 aliphatic heterocycles. The van der Waals surface area contributed by atoms with Crippen LogP contribution in [0.4, 0.5) is 0 Å². The van der Waals surface area contributed by atoms with E-state index in [0.717, 1.165) is 27.5 Å². The van der Waals surface area contributed by atoms with Gasteiger partial charge in [0.15, 0.2) is 6.10 Å². The minimum atomic E-state index is -0.602. The van der Waals surface area contributed by atoms with E-state index in [4.69, 9.17) is 21.1 Å². The molecule has 0 saturated heterocycles. The largest absolute Gasteiger partial charge is 0.494 e. The zero-order valence-electron chi connectivity index (χ0n) is 15.1. The minimum absolute atomic E-state index is 0.174. The average molecular weight is 362 g/mol. The summed E-state index contributed by atoms with van der Waals surface area (Å²) in [5.41, 5.74) is 2.83. The van der Waals surface area contributed by atoms with Crippen molar-refractivity contribution in [2.24, 2.45) is 0 Å². The smallest absolute Gasteiger partial charge is 0.261 e. The lowest BCUT2D eigenvalue weighted by Crippen LogP contribution is -2.35. The van der Waals surface area contributed by atoms with Gasteiger partial charge in [0, 0.05) is 11.6 Å². The number of hydrogen-bond donors (Lipinski definition) is 1. The molecule has 0 fully saturated rings. The van der Waals surface area contributed by atoms with Gasteiger partial charge in [0.05, 0.1) is 6.61 Å². The minimum Gasteiger partial charge on any atom is -0.494 e. The zero-order chi connectivity index (χ0) is 18.4. The Kier molecular flexibility index (Phi) is 6.71. The number of amides is 1. The standard InChI is InChI=1S/C20H24ClNO3/c1-5-24-17-8-6-7-16(11-17)12-22-20(23)15(4)25-18-9-13(2)19(21)14(3)10-18/h6-11,15H,5,12H2,1-4H3,(H,22,23)/t15-/m1/s1. The monoisotopic (exact) mass is 361 g/mol. The number of carbonyl (C=O) groups is 1. The van der Waals surface area contributed by atoms with E-state index in [-0.39, 0.29) is 5.91 Å². The second kappa shape index (κ2) is 8.77. The highest BCUT2D eigenvalue weighted by Gasteiger charge is 2.15. The van der Waals surface area contributed by atoms with Gasteiger partial charge >= 0.3 is 0 Å². The quantitative estimate of drug-likeness (QED) is 0.793. The van der Waals surface area contributed by atoms with Crippen LogP contribution in [-0.2, 0) is 11.3 Å². The van der Waals surface area contributed by atoms with E-state index in [1.165, 1.54) is 0 Å². The molecule has 0 heterocycles. The predicted molar refractivity (Wildman–Crippen MR) is 100 cm³/mol. The first-order chi connectivity index (χ1) is 11.9. The van der Waals surface area contributed by atoms with Crippen molar-refractivity contribution in [1.29, 1.82) is 0 Å². The number of carbonyl (C=O) groups excluding carboxylic acids is 1. The lowest BCUT2D eigenvalue weighted by atomic mass is 10.1. The molecule has 134 valence electrons. The van der Waals surface area contributed by atoms with Gasteiger partial charge < -0.3 is 14.8 Å². The van der Waals surface area contributed by atoms with E-state index in [1.54, 1.807) is 6.92 Å². The van der Waals surface area contributed by atoms with Crippen LogP contribution < -0.4 is 14.8 Å². The maximum Gasteiger partial charge on any atom is 0.261 e. The summed E-state index contributed by atoms with van der Waals surface area (Å²) in [5, 5.41) is 3.60. The van der Waals surface area contributed by atoms with E-state index >= 15 is 0 Å². The number of nitrogens with one attached hydrogen (secondary N) is 1. The fraction of sp³-hybridized carbons (Fsp3) is 0.350. The Balaban J connectivity index is 1.93. The summed E-state index contributed by atoms with van der Waals surface area (Å²) in [6, 6.07) is 11.3. The van der Waals surface area contributed by atoms with Gasteiger partial charge in [0.2, 0.25) is 0 Å². The maximum atomic E-state index is 12.3. The van der Waals surface area contributed by atoms with Gasteiger partial charge in [-0.15, -0.1) is 0 Å². The number of hydrogen-bond acceptors (Lipinski definition) is 3. The predicted octanol–water partition coefficient (Wildman–Crippen LogP) is 4.44. The molecule has 2 aromatic carbocycles. The third-order valence-electron chi connectivity index (χ3n) is 3.77. The van der Waals surface area contributed by atoms with Gasteiger partial charge in [0.25, 0.3) is 5.91 Å². The van der Waals surface area contributed by atoms with Crippen molar-refractivity contribution in [3.63, 3.8) is 0 Å². The molecule has 1 atom stereocenters. The van der Waals surface area contributed by atoms with E-state index in [1.807, 2.05) is 57.2 Å². The average Bonchev–Trinajstić information content (AvgIpc) is 2.58. The summed E-state index contributed by atoms with van der Waals surface area (Å²) < 4.78 is 11.2. The van der Waals surface area contributed by atoms with Crippen LogP contribution in [0.3, 0.4) is 0 Å². The molecule has 2 aromatic rings. The van der Waals surface area contributed by atoms with Gasteiger partial charge in [-0.1, -0.05) is 23.7 Å². The SMILES string of the molecule is CCOc1cccc(CNC(=O)[C@@H](C)Oc2cc(C)c(Cl)c(C)c2)c1. The highest BCUT2D eigenvalue weighted by atomic mass is 35.5. The molecule has 0 radical (unpaired) electrons. The highest BCUT2D eigenvalue weighted by molar-refractivity contribution is 6.32. The lowest BCUT2D eigenvalue weighted by molar-refractivity contribution is -0.127. The molecule has 0 aliphatic carbocycles. The van der Waals surface area contributed by atoms with E-state index in [9.17, 15) is 4.79 Å². The number of benzene rings is 2. The molecule has 0 aromatic heterocycles. The van der Waals surface area contributed by atoms with Gasteiger partial charge in [-0.3, -0.25) is 4.79 Å². The number of rotatable bonds is 7. The summed E-state index contributed by atoms with van der Waals surface area (Å²) in [6.07, 6.45) is -0.602. The molecule has 1 N–H and O–H groups in total. The van der Waals surface area contributed by atoms with Crippen LogP contribution in [0, 0.1) is 13.8 Å². The van der Waals surface area contributed by atoms with Crippen LogP contribution in [0.5, 0.6) is 11.5 Å². The van der Waals surface area contributed by atoms with E-state index in [2.05, 4.69) is 5.32 Å². The summed E-state index contributed by atoms with van der Waals surface area (Å²) in [7, 11) is 0. The Morgan fingerprint density at radius 3 is 2.48 bits per heavy atom. The number of aryl methyl sites for hydroxylation is 2. The Morgan fingerprint density at radius 2 is 1.84 bits per heavy atom. The molecule has 0 bridgehead atoms. The molecular weight excluding hydrogens is 338 g/mol. The molecular formula is C20H24ClNO3. The second-order valence-electron chi connectivity index (χ2n) is 5.93. The van der Waals surface area contributed by atoms with Crippen molar-refractivity contribution >= 4 is 17.5 Å². The van der Waals surface area contributed by atoms with Crippen LogP contribution in [0.15, 0.2) is 36.4 Å². The molecule has 0 aliphatic rings. The Bertz CT molecular complexity index is 722. The van der Waals surface area contributed by atoms with Crippen LogP contribution in [0.25, 0.3) is 0 Å². The Labute approximate surface area is 154 Å². The molecule has 2 rings (SSSR count). The van der Waals surface area contributed by atoms with Crippen molar-refractivity contribution in [2.75, 3.05) is 6.61 Å². The topological polar surface area (TPSA) is 47.6 Å². The van der Waals surface area contributed by atoms with Crippen molar-refractivity contribution < 1.29 is 14.3 Å². The molecule has 4 nitrogen and oxygen atoms in total. The summed E-state index contributed by atoms with van der Waals surface area (Å²) in [4.78, 5) is 12.3. The Morgan fingerprint density at radius 1 is 1.16 bits per heavy atom. The maximum absolute atomic E-state index is 12.3. The lowest BCUT2D eigenvalue weighted by Gasteiger charge is -2.16. The van der Waals surface area contributed by atoms with E-state index in [0.29, 0.717) is 18.9 Å². The first kappa shape index (κ1) is 19.1. The van der Waals surface area contributed by atoms with Gasteiger partial charge in [0.1, 0.15) is 11.5 Å². The third-order valence-corrected chi connectivity index (χ3v) is 4.36. The zero-order valence-corrected chi connectivity index (χ0v) is 15.8. The van der Waals surface area contributed by atoms with Crippen molar-refractivity contribution in [1.82, 2.24) is 5.32 Å². The van der Waals surface area contributed by atoms with E-state index < -0.39 is 6.10 Å². The fourth-order valence-corrected chi connectivity index (χ4v) is 2.59. The molecule has 0 spiro atoms. The number of ether oxygens (including phenoxy) is 2. The highest BCUT2D eigenvalue weighted by Crippen LogP contribution is 2.26. The van der Waals surface area contributed by atoms with Crippen molar-refractivity contribution in [3.05, 3.63) is 58.1 Å². The summed E-state index contributed by atoms with van der Waals surface area (Å²) >= 11 is 6.16. The van der Waals surface area contributed by atoms with Crippen LogP contribution in [-0.4, -0.2) is 18.6 Å². The molecule has 25 heavy (non-hydrogen) atoms. The van der Waals surface area contributed by atoms with Crippen molar-refractivity contribution in [2.45, 2.75) is 40.3 Å². The summed E-state index contributed by atoms with van der Waals surface area (Å²) in [5.74, 6) is 1.26. The molecule has 1 amide bonds. The Hall–Kier alpha value is -2.20. The molecule has 5 heteroatoms. The van der Waals surface area contributed by atoms with Gasteiger partial charge in [-0.2, -0.15) is 0 Å². The third kappa shape index (κ3) is 5.40. The van der Waals surface area contributed by atoms with Crippen LogP contribution in [0.1, 0.15) is 30.5 Å². The van der Waals surface area contributed by atoms with Crippen molar-refractivity contribution in [3.8, 4) is 11.5 Å². The first-order valence-electron chi connectivity index (χ1n) is 8.33. The molecule has 0 unspecified atom stereocenters. The normalized spacial score (nSPS) is 11.7. The summed E-state index contributed by atoms with van der Waals surface area (Å²) in [6.45, 7) is 8.53. The fourth-order valence-electron chi connectivity index (χ4n) is 2.48. The molecule has 0 saturated carbocycles. The van der Waals surface area contributed by atoms with Gasteiger partial charge in [-0.05, 0) is 68.7 Å². The van der Waals surface area contributed by atoms with Crippen LogP contribution >= 0.6 is 11.6 Å². The van der Waals surface area contributed by atoms with Gasteiger partial charge in [-0.25, -0.2) is 0 Å². The number of halogens is 1. The first-order valence-corrected chi connectivity index (χ1v) is 8.71.